The molecule has 7 nitrogen and oxygen atoms in total. The standard InChI is InChI=1S/C16H27N5O2.ClH/c1-11(2)16(22)21-8-5-4-6-12(21)15-18-14(19-23-15)13-10-17-7-9-20(13)3;/h11-13,17H,4-10H2,1-3H3;1H. The first-order chi connectivity index (χ1) is 11.1. The van der Waals surface area contributed by atoms with E-state index in [1.54, 1.807) is 0 Å². The molecule has 1 N–H and O–H groups in total. The van der Waals surface area contributed by atoms with Crippen LogP contribution < -0.4 is 5.32 Å². The van der Waals surface area contributed by atoms with E-state index in [0.29, 0.717) is 5.89 Å². The number of halogens is 1. The molecule has 24 heavy (non-hydrogen) atoms. The third-order valence-corrected chi connectivity index (χ3v) is 4.83. The predicted octanol–water partition coefficient (Wildman–Crippen LogP) is 1.78. The van der Waals surface area contributed by atoms with Crippen molar-refractivity contribution in [2.45, 2.75) is 45.2 Å². The quantitative estimate of drug-likeness (QED) is 0.888. The molecule has 2 aliphatic heterocycles. The van der Waals surface area contributed by atoms with Gasteiger partial charge in [-0.25, -0.2) is 0 Å². The molecule has 1 amide bonds. The maximum absolute atomic E-state index is 12.5. The number of rotatable bonds is 3. The summed E-state index contributed by atoms with van der Waals surface area (Å²) >= 11 is 0. The van der Waals surface area contributed by atoms with Gasteiger partial charge < -0.3 is 14.7 Å². The Morgan fingerprint density at radius 2 is 2.08 bits per heavy atom. The van der Waals surface area contributed by atoms with Crippen LogP contribution in [0.4, 0.5) is 0 Å². The Bertz CT molecular complexity index is 550. The van der Waals surface area contributed by atoms with Gasteiger partial charge in [-0.15, -0.1) is 12.4 Å². The second kappa shape index (κ2) is 8.27. The first kappa shape index (κ1) is 19.1. The highest BCUT2D eigenvalue weighted by Gasteiger charge is 2.34. The van der Waals surface area contributed by atoms with E-state index in [-0.39, 0.29) is 36.3 Å². The van der Waals surface area contributed by atoms with E-state index in [4.69, 9.17) is 4.52 Å². The lowest BCUT2D eigenvalue weighted by atomic mass is 10.00. The van der Waals surface area contributed by atoms with Crippen LogP contribution in [-0.2, 0) is 4.79 Å². The van der Waals surface area contributed by atoms with Gasteiger partial charge in [-0.1, -0.05) is 19.0 Å². The Morgan fingerprint density at radius 3 is 2.79 bits per heavy atom. The van der Waals surface area contributed by atoms with E-state index in [9.17, 15) is 4.79 Å². The van der Waals surface area contributed by atoms with Crippen LogP contribution in [0, 0.1) is 5.92 Å². The minimum Gasteiger partial charge on any atom is -0.337 e. The van der Waals surface area contributed by atoms with Crippen LogP contribution in [-0.4, -0.2) is 59.1 Å². The molecule has 1 aromatic heterocycles. The molecule has 2 aliphatic rings. The topological polar surface area (TPSA) is 74.5 Å². The highest BCUT2D eigenvalue weighted by Crippen LogP contribution is 2.32. The summed E-state index contributed by atoms with van der Waals surface area (Å²) in [5.41, 5.74) is 0. The van der Waals surface area contributed by atoms with Gasteiger partial charge in [-0.05, 0) is 26.3 Å². The minimum absolute atomic E-state index is 0. The summed E-state index contributed by atoms with van der Waals surface area (Å²) in [6.07, 6.45) is 3.04. The molecule has 0 radical (unpaired) electrons. The average molecular weight is 358 g/mol. The van der Waals surface area contributed by atoms with Crippen molar-refractivity contribution in [2.75, 3.05) is 33.2 Å². The molecule has 1 aromatic rings. The number of amides is 1. The molecule has 0 aromatic carbocycles. The fourth-order valence-electron chi connectivity index (χ4n) is 3.40. The summed E-state index contributed by atoms with van der Waals surface area (Å²) in [6.45, 7) is 7.44. The molecule has 0 saturated carbocycles. The number of carbonyl (C=O) groups is 1. The van der Waals surface area contributed by atoms with Crippen molar-refractivity contribution in [1.29, 1.82) is 0 Å². The Balaban J connectivity index is 0.00000208. The second-order valence-corrected chi connectivity index (χ2v) is 6.89. The first-order valence-corrected chi connectivity index (χ1v) is 8.63. The zero-order valence-electron chi connectivity index (χ0n) is 14.7. The van der Waals surface area contributed by atoms with Gasteiger partial charge in [0, 0.05) is 32.1 Å². The van der Waals surface area contributed by atoms with E-state index in [1.165, 1.54) is 0 Å². The van der Waals surface area contributed by atoms with E-state index in [1.807, 2.05) is 18.7 Å². The van der Waals surface area contributed by atoms with Crippen LogP contribution in [0.2, 0.25) is 0 Å². The predicted molar refractivity (Wildman–Crippen MR) is 92.9 cm³/mol. The molecule has 3 rings (SSSR count). The number of nitrogens with zero attached hydrogens (tertiary/aromatic N) is 4. The Morgan fingerprint density at radius 1 is 1.29 bits per heavy atom. The van der Waals surface area contributed by atoms with Gasteiger partial charge in [-0.2, -0.15) is 4.98 Å². The molecule has 2 atom stereocenters. The van der Waals surface area contributed by atoms with Crippen LogP contribution in [0.15, 0.2) is 4.52 Å². The van der Waals surface area contributed by atoms with Crippen molar-refractivity contribution in [2.24, 2.45) is 5.92 Å². The summed E-state index contributed by atoms with van der Waals surface area (Å²) in [7, 11) is 2.08. The number of hydrogen-bond donors (Lipinski definition) is 1. The zero-order valence-corrected chi connectivity index (χ0v) is 15.5. The normalized spacial score (nSPS) is 25.6. The number of aromatic nitrogens is 2. The number of likely N-dealkylation sites (tertiary alicyclic amines) is 1. The summed E-state index contributed by atoms with van der Waals surface area (Å²) in [4.78, 5) is 21.3. The molecule has 8 heteroatoms. The van der Waals surface area contributed by atoms with E-state index < -0.39 is 0 Å². The van der Waals surface area contributed by atoms with Crippen molar-refractivity contribution in [3.8, 4) is 0 Å². The fourth-order valence-corrected chi connectivity index (χ4v) is 3.40. The Kier molecular flexibility index (Phi) is 6.60. The molecular formula is C16H28ClN5O2. The average Bonchev–Trinajstić information content (AvgIpc) is 3.04. The maximum Gasteiger partial charge on any atom is 0.249 e. The molecule has 0 aliphatic carbocycles. The summed E-state index contributed by atoms with van der Waals surface area (Å²) in [6, 6.07) is 0.0702. The van der Waals surface area contributed by atoms with E-state index in [2.05, 4.69) is 27.4 Å². The highest BCUT2D eigenvalue weighted by atomic mass is 35.5. The van der Waals surface area contributed by atoms with Gasteiger partial charge in [-0.3, -0.25) is 9.69 Å². The van der Waals surface area contributed by atoms with Gasteiger partial charge in [0.1, 0.15) is 6.04 Å². The molecule has 2 fully saturated rings. The van der Waals surface area contributed by atoms with Crippen LogP contribution >= 0.6 is 12.4 Å². The van der Waals surface area contributed by atoms with Crippen molar-refractivity contribution >= 4 is 18.3 Å². The molecular weight excluding hydrogens is 330 g/mol. The summed E-state index contributed by atoms with van der Waals surface area (Å²) in [5.74, 6) is 1.47. The largest absolute Gasteiger partial charge is 0.337 e. The number of hydrogen-bond acceptors (Lipinski definition) is 6. The first-order valence-electron chi connectivity index (χ1n) is 8.63. The SMILES string of the molecule is CC(C)C(=O)N1CCCCC1c1nc(C2CNCCN2C)no1.Cl. The maximum atomic E-state index is 12.5. The smallest absolute Gasteiger partial charge is 0.249 e. The lowest BCUT2D eigenvalue weighted by Crippen LogP contribution is -2.44. The zero-order chi connectivity index (χ0) is 16.4. The van der Waals surface area contributed by atoms with Gasteiger partial charge in [0.25, 0.3) is 0 Å². The van der Waals surface area contributed by atoms with Crippen LogP contribution in [0.25, 0.3) is 0 Å². The highest BCUT2D eigenvalue weighted by molar-refractivity contribution is 5.85. The molecule has 3 heterocycles. The second-order valence-electron chi connectivity index (χ2n) is 6.89. The number of piperidine rings is 1. The van der Waals surface area contributed by atoms with Crippen LogP contribution in [0.1, 0.15) is 56.9 Å². The number of piperazine rings is 1. The van der Waals surface area contributed by atoms with Crippen molar-refractivity contribution in [1.82, 2.24) is 25.3 Å². The van der Waals surface area contributed by atoms with Gasteiger partial charge in [0.15, 0.2) is 5.82 Å². The lowest BCUT2D eigenvalue weighted by molar-refractivity contribution is -0.139. The monoisotopic (exact) mass is 357 g/mol. The van der Waals surface area contributed by atoms with Gasteiger partial charge in [0.2, 0.25) is 11.8 Å². The third-order valence-electron chi connectivity index (χ3n) is 4.83. The van der Waals surface area contributed by atoms with Crippen LogP contribution in [0.3, 0.4) is 0 Å². The molecule has 136 valence electrons. The summed E-state index contributed by atoms with van der Waals surface area (Å²) in [5, 5.41) is 7.56. The third kappa shape index (κ3) is 3.90. The Hall–Kier alpha value is -1.18. The van der Waals surface area contributed by atoms with E-state index in [0.717, 1.165) is 51.3 Å². The molecule has 2 unspecified atom stereocenters. The van der Waals surface area contributed by atoms with E-state index >= 15 is 0 Å². The molecule has 0 bridgehead atoms. The molecule has 2 saturated heterocycles. The van der Waals surface area contributed by atoms with Gasteiger partial charge in [0.05, 0.1) is 6.04 Å². The fraction of sp³-hybridized carbons (Fsp3) is 0.812. The summed E-state index contributed by atoms with van der Waals surface area (Å²) < 4.78 is 5.56. The number of nitrogens with one attached hydrogen (secondary N) is 1. The lowest BCUT2D eigenvalue weighted by Gasteiger charge is -2.34. The minimum atomic E-state index is -0.0678. The van der Waals surface area contributed by atoms with Crippen molar-refractivity contribution < 1.29 is 9.32 Å². The van der Waals surface area contributed by atoms with Crippen molar-refractivity contribution in [3.05, 3.63) is 11.7 Å². The number of likely N-dealkylation sites (N-methyl/N-ethyl adjacent to an activating group) is 1. The van der Waals surface area contributed by atoms with Crippen molar-refractivity contribution in [3.63, 3.8) is 0 Å². The van der Waals surface area contributed by atoms with Gasteiger partial charge >= 0.3 is 0 Å². The number of carbonyl (C=O) groups excluding carboxylic acids is 1. The Labute approximate surface area is 149 Å². The van der Waals surface area contributed by atoms with Crippen LogP contribution in [0.5, 0.6) is 0 Å². The molecule has 0 spiro atoms.